The molecule has 0 bridgehead atoms. The molecule has 4 nitrogen and oxygen atoms in total. The van der Waals surface area contributed by atoms with E-state index in [0.29, 0.717) is 6.61 Å². The maximum Gasteiger partial charge on any atom is 0.122 e. The molecule has 2 N–H and O–H groups in total. The summed E-state index contributed by atoms with van der Waals surface area (Å²) in [6.45, 7) is 3.52. The molecule has 0 saturated heterocycles. The maximum absolute atomic E-state index is 6.49. The lowest BCUT2D eigenvalue weighted by atomic mass is 9.85. The van der Waals surface area contributed by atoms with Crippen molar-refractivity contribution < 1.29 is 4.74 Å². The van der Waals surface area contributed by atoms with Crippen molar-refractivity contribution in [2.24, 2.45) is 5.73 Å². The fourth-order valence-corrected chi connectivity index (χ4v) is 2.63. The molecule has 3 rings (SSSR count). The van der Waals surface area contributed by atoms with Gasteiger partial charge in [0, 0.05) is 12.7 Å². The van der Waals surface area contributed by atoms with Crippen LogP contribution in [0.5, 0.6) is 5.75 Å². The van der Waals surface area contributed by atoms with Crippen LogP contribution in [0.1, 0.15) is 18.1 Å². The average molecular weight is 257 g/mol. The van der Waals surface area contributed by atoms with E-state index in [1.807, 2.05) is 29.1 Å². The van der Waals surface area contributed by atoms with Gasteiger partial charge in [0.05, 0.1) is 11.7 Å². The fourth-order valence-electron chi connectivity index (χ4n) is 2.63. The number of hydrogen-bond acceptors (Lipinski definition) is 3. The number of benzene rings is 1. The molecule has 1 unspecified atom stereocenters. The van der Waals surface area contributed by atoms with Crippen LogP contribution >= 0.6 is 0 Å². The first-order valence-electron chi connectivity index (χ1n) is 6.69. The van der Waals surface area contributed by atoms with Gasteiger partial charge in [0.2, 0.25) is 0 Å². The first-order valence-corrected chi connectivity index (χ1v) is 6.69. The summed E-state index contributed by atoms with van der Waals surface area (Å²) in [5.41, 5.74) is 8.52. The van der Waals surface area contributed by atoms with Gasteiger partial charge in [-0.1, -0.05) is 18.2 Å². The molecule has 19 heavy (non-hydrogen) atoms. The summed E-state index contributed by atoms with van der Waals surface area (Å²) < 4.78 is 7.72. The van der Waals surface area contributed by atoms with E-state index in [4.69, 9.17) is 10.5 Å². The normalized spacial score (nSPS) is 21.8. The van der Waals surface area contributed by atoms with E-state index in [2.05, 4.69) is 24.3 Å². The molecule has 0 saturated carbocycles. The third-order valence-electron chi connectivity index (χ3n) is 3.60. The Morgan fingerprint density at radius 3 is 3.05 bits per heavy atom. The zero-order valence-corrected chi connectivity index (χ0v) is 11.2. The molecule has 1 aromatic heterocycles. The van der Waals surface area contributed by atoms with E-state index in [1.54, 1.807) is 0 Å². The summed E-state index contributed by atoms with van der Waals surface area (Å²) >= 11 is 0. The van der Waals surface area contributed by atoms with Gasteiger partial charge in [0.15, 0.2) is 0 Å². The SMILES string of the molecule is CCn1cc(CC2(N)COc3ccccc3C2)cn1. The second-order valence-electron chi connectivity index (χ2n) is 5.32. The number of aryl methyl sites for hydroxylation is 1. The quantitative estimate of drug-likeness (QED) is 0.912. The zero-order valence-electron chi connectivity index (χ0n) is 11.2. The largest absolute Gasteiger partial charge is 0.491 e. The summed E-state index contributed by atoms with van der Waals surface area (Å²) in [5.74, 6) is 0.966. The van der Waals surface area contributed by atoms with Gasteiger partial charge >= 0.3 is 0 Å². The third kappa shape index (κ3) is 2.49. The van der Waals surface area contributed by atoms with Crippen molar-refractivity contribution in [1.82, 2.24) is 9.78 Å². The summed E-state index contributed by atoms with van der Waals surface area (Å²) in [5, 5.41) is 4.30. The molecule has 0 amide bonds. The molecule has 0 spiro atoms. The van der Waals surface area contributed by atoms with Gasteiger partial charge in [-0.3, -0.25) is 4.68 Å². The molecule has 1 atom stereocenters. The van der Waals surface area contributed by atoms with Gasteiger partial charge in [0.25, 0.3) is 0 Å². The number of ether oxygens (including phenoxy) is 1. The minimum atomic E-state index is -0.337. The maximum atomic E-state index is 6.49. The molecule has 2 heterocycles. The summed E-state index contributed by atoms with van der Waals surface area (Å²) in [4.78, 5) is 0. The first kappa shape index (κ1) is 12.2. The van der Waals surface area contributed by atoms with Crippen LogP contribution in [0.4, 0.5) is 0 Å². The second kappa shape index (κ2) is 4.70. The number of nitrogens with zero attached hydrogens (tertiary/aromatic N) is 2. The van der Waals surface area contributed by atoms with Crippen molar-refractivity contribution in [3.63, 3.8) is 0 Å². The van der Waals surface area contributed by atoms with Gasteiger partial charge < -0.3 is 10.5 Å². The Labute approximate surface area is 113 Å². The van der Waals surface area contributed by atoms with E-state index in [1.165, 1.54) is 11.1 Å². The number of rotatable bonds is 3. The van der Waals surface area contributed by atoms with Crippen LogP contribution in [-0.4, -0.2) is 21.9 Å². The highest BCUT2D eigenvalue weighted by atomic mass is 16.5. The number of hydrogen-bond donors (Lipinski definition) is 1. The number of aromatic nitrogens is 2. The van der Waals surface area contributed by atoms with Crippen molar-refractivity contribution >= 4 is 0 Å². The predicted octanol–water partition coefficient (Wildman–Crippen LogP) is 1.78. The van der Waals surface area contributed by atoms with E-state index in [9.17, 15) is 0 Å². The number of fused-ring (bicyclic) bond motifs is 1. The molecule has 0 fully saturated rings. The molecule has 4 heteroatoms. The van der Waals surface area contributed by atoms with Gasteiger partial charge in [-0.05, 0) is 37.0 Å². The summed E-state index contributed by atoms with van der Waals surface area (Å²) in [6.07, 6.45) is 5.61. The summed E-state index contributed by atoms with van der Waals surface area (Å²) in [7, 11) is 0. The highest BCUT2D eigenvalue weighted by molar-refractivity contribution is 5.37. The van der Waals surface area contributed by atoms with Gasteiger partial charge in [-0.2, -0.15) is 5.10 Å². The smallest absolute Gasteiger partial charge is 0.122 e. The van der Waals surface area contributed by atoms with Crippen LogP contribution in [0, 0.1) is 0 Å². The number of nitrogens with two attached hydrogens (primary N) is 1. The van der Waals surface area contributed by atoms with Crippen LogP contribution in [0.25, 0.3) is 0 Å². The van der Waals surface area contributed by atoms with Crippen molar-refractivity contribution in [3.8, 4) is 5.75 Å². The predicted molar refractivity (Wildman–Crippen MR) is 74.2 cm³/mol. The van der Waals surface area contributed by atoms with Crippen LogP contribution in [0.15, 0.2) is 36.7 Å². The van der Waals surface area contributed by atoms with Gasteiger partial charge in [0.1, 0.15) is 12.4 Å². The monoisotopic (exact) mass is 257 g/mol. The Hall–Kier alpha value is -1.81. The van der Waals surface area contributed by atoms with Crippen molar-refractivity contribution in [1.29, 1.82) is 0 Å². The molecule has 2 aromatic rings. The van der Waals surface area contributed by atoms with E-state index < -0.39 is 0 Å². The number of para-hydroxylation sites is 1. The average Bonchev–Trinajstić information content (AvgIpc) is 2.85. The lowest BCUT2D eigenvalue weighted by molar-refractivity contribution is 0.190. The van der Waals surface area contributed by atoms with Crippen LogP contribution in [-0.2, 0) is 19.4 Å². The standard InChI is InChI=1S/C15H19N3O/c1-2-18-10-12(9-17-18)7-15(16)8-13-5-3-4-6-14(13)19-11-15/h3-6,9-10H,2,7-8,11,16H2,1H3. The van der Waals surface area contributed by atoms with Gasteiger partial charge in [-0.15, -0.1) is 0 Å². The highest BCUT2D eigenvalue weighted by Crippen LogP contribution is 2.29. The Bertz CT molecular complexity index is 578. The Morgan fingerprint density at radius 1 is 1.42 bits per heavy atom. The summed E-state index contributed by atoms with van der Waals surface area (Å²) in [6, 6.07) is 8.12. The van der Waals surface area contributed by atoms with Gasteiger partial charge in [-0.25, -0.2) is 0 Å². The molecule has 1 aliphatic rings. The lowest BCUT2D eigenvalue weighted by Crippen LogP contribution is -2.51. The molecular formula is C15H19N3O. The van der Waals surface area contributed by atoms with E-state index in [0.717, 1.165) is 25.1 Å². The minimum absolute atomic E-state index is 0.337. The van der Waals surface area contributed by atoms with Crippen molar-refractivity contribution in [2.45, 2.75) is 31.8 Å². The Morgan fingerprint density at radius 2 is 2.26 bits per heavy atom. The molecule has 1 aliphatic heterocycles. The zero-order chi connectivity index (χ0) is 13.3. The fraction of sp³-hybridized carbons (Fsp3) is 0.400. The molecule has 1 aromatic carbocycles. The van der Waals surface area contributed by atoms with Crippen molar-refractivity contribution in [2.75, 3.05) is 6.61 Å². The van der Waals surface area contributed by atoms with Crippen LogP contribution in [0.2, 0.25) is 0 Å². The molecule has 100 valence electrons. The third-order valence-corrected chi connectivity index (χ3v) is 3.60. The van der Waals surface area contributed by atoms with E-state index >= 15 is 0 Å². The second-order valence-corrected chi connectivity index (χ2v) is 5.32. The molecule has 0 radical (unpaired) electrons. The van der Waals surface area contributed by atoms with Crippen LogP contribution < -0.4 is 10.5 Å². The first-order chi connectivity index (χ1) is 9.18. The highest BCUT2D eigenvalue weighted by Gasteiger charge is 2.32. The topological polar surface area (TPSA) is 53.1 Å². The Kier molecular flexibility index (Phi) is 3.03. The van der Waals surface area contributed by atoms with Crippen molar-refractivity contribution in [3.05, 3.63) is 47.8 Å². The minimum Gasteiger partial charge on any atom is -0.491 e. The van der Waals surface area contributed by atoms with Crippen LogP contribution in [0.3, 0.4) is 0 Å². The Balaban J connectivity index is 1.78. The molecule has 0 aliphatic carbocycles. The van der Waals surface area contributed by atoms with E-state index in [-0.39, 0.29) is 5.54 Å². The molecular weight excluding hydrogens is 238 g/mol. The lowest BCUT2D eigenvalue weighted by Gasteiger charge is -2.34.